The van der Waals surface area contributed by atoms with E-state index in [9.17, 15) is 4.79 Å². The van der Waals surface area contributed by atoms with Crippen LogP contribution in [0.3, 0.4) is 0 Å². The Bertz CT molecular complexity index is 464. The van der Waals surface area contributed by atoms with Crippen LogP contribution in [0.4, 0.5) is 0 Å². The van der Waals surface area contributed by atoms with Gasteiger partial charge in [0.1, 0.15) is 0 Å². The summed E-state index contributed by atoms with van der Waals surface area (Å²) in [5, 5.41) is 0. The normalized spacial score (nSPS) is 34.6. The van der Waals surface area contributed by atoms with E-state index < -0.39 is 0 Å². The van der Waals surface area contributed by atoms with E-state index >= 15 is 0 Å². The molecule has 3 fully saturated rings. The van der Waals surface area contributed by atoms with Crippen molar-refractivity contribution in [2.75, 3.05) is 5.75 Å². The fourth-order valence-electron chi connectivity index (χ4n) is 5.98. The van der Waals surface area contributed by atoms with Crippen molar-refractivity contribution in [2.45, 2.75) is 104 Å². The fourth-order valence-corrected chi connectivity index (χ4v) is 7.94. The van der Waals surface area contributed by atoms with Gasteiger partial charge in [-0.25, -0.2) is 0 Å². The fraction of sp³-hybridized carbons (Fsp3) is 0.952. The Morgan fingerprint density at radius 3 is 2.33 bits per heavy atom. The zero-order valence-electron chi connectivity index (χ0n) is 16.3. The second-order valence-electron chi connectivity index (χ2n) is 9.18. The molecule has 0 aromatic heterocycles. The van der Waals surface area contributed by atoms with E-state index in [4.69, 9.17) is 0 Å². The number of amides is 1. The van der Waals surface area contributed by atoms with E-state index in [1.807, 2.05) is 11.9 Å². The van der Waals surface area contributed by atoms with E-state index in [1.54, 1.807) is 0 Å². The molecule has 3 rings (SSSR count). The summed E-state index contributed by atoms with van der Waals surface area (Å²) in [6, 6.07) is 0. The van der Waals surface area contributed by atoms with Gasteiger partial charge in [-0.05, 0) is 61.3 Å². The molecule has 0 spiro atoms. The predicted molar refractivity (Wildman–Crippen MR) is 104 cm³/mol. The highest BCUT2D eigenvalue weighted by atomic mass is 32.2. The molecule has 2 bridgehead atoms. The van der Waals surface area contributed by atoms with Crippen LogP contribution in [0.25, 0.3) is 0 Å². The molecule has 0 unspecified atom stereocenters. The van der Waals surface area contributed by atoms with Crippen LogP contribution < -0.4 is 0 Å². The van der Waals surface area contributed by atoms with Crippen LogP contribution in [0.15, 0.2) is 0 Å². The maximum atomic E-state index is 13.5. The monoisotopic (exact) mass is 351 g/mol. The van der Waals surface area contributed by atoms with Crippen molar-refractivity contribution in [1.82, 2.24) is 4.31 Å². The third-order valence-electron chi connectivity index (χ3n) is 7.97. The molecule has 1 atom stereocenters. The maximum absolute atomic E-state index is 13.5. The molecule has 1 heterocycles. The van der Waals surface area contributed by atoms with Gasteiger partial charge in [0.05, 0.1) is 5.54 Å². The van der Waals surface area contributed by atoms with E-state index in [-0.39, 0.29) is 11.5 Å². The molecule has 3 aliphatic rings. The summed E-state index contributed by atoms with van der Waals surface area (Å²) < 4.78 is 2.32. The third kappa shape index (κ3) is 2.56. The minimum absolute atomic E-state index is 0.155. The highest BCUT2D eigenvalue weighted by Gasteiger charge is 2.72. The molecule has 138 valence electrons. The summed E-state index contributed by atoms with van der Waals surface area (Å²) in [7, 11) is 0. The first-order valence-corrected chi connectivity index (χ1v) is 11.4. The van der Waals surface area contributed by atoms with Crippen molar-refractivity contribution in [3.8, 4) is 0 Å². The van der Waals surface area contributed by atoms with E-state index in [2.05, 4.69) is 32.0 Å². The highest BCUT2D eigenvalue weighted by Crippen LogP contribution is 2.74. The molecular formula is C21H37NOS. The van der Waals surface area contributed by atoms with Crippen LogP contribution >= 0.6 is 11.9 Å². The average Bonchev–Trinajstić information content (AvgIpc) is 2.80. The van der Waals surface area contributed by atoms with Crippen molar-refractivity contribution >= 4 is 17.9 Å². The minimum atomic E-state index is 0.155. The molecule has 0 N–H and O–H groups in total. The topological polar surface area (TPSA) is 20.3 Å². The maximum Gasteiger partial charge on any atom is 0.236 e. The zero-order chi connectivity index (χ0) is 17.4. The van der Waals surface area contributed by atoms with E-state index in [0.29, 0.717) is 16.7 Å². The lowest BCUT2D eigenvalue weighted by atomic mass is 9.68. The van der Waals surface area contributed by atoms with Gasteiger partial charge < -0.3 is 0 Å². The van der Waals surface area contributed by atoms with Crippen LogP contribution in [-0.2, 0) is 4.79 Å². The second kappa shape index (κ2) is 6.85. The minimum Gasteiger partial charge on any atom is -0.279 e. The number of unbranched alkanes of at least 4 members (excludes halogenated alkanes) is 3. The molecule has 24 heavy (non-hydrogen) atoms. The van der Waals surface area contributed by atoms with Crippen LogP contribution in [0.1, 0.15) is 98.3 Å². The smallest absolute Gasteiger partial charge is 0.236 e. The first-order valence-electron chi connectivity index (χ1n) is 10.4. The van der Waals surface area contributed by atoms with Crippen molar-refractivity contribution in [2.24, 2.45) is 16.7 Å². The zero-order valence-corrected chi connectivity index (χ0v) is 17.1. The molecule has 1 amide bonds. The van der Waals surface area contributed by atoms with Crippen molar-refractivity contribution in [3.05, 3.63) is 0 Å². The molecule has 1 aliphatic heterocycles. The molecule has 1 saturated heterocycles. The van der Waals surface area contributed by atoms with Gasteiger partial charge in [0.25, 0.3) is 0 Å². The lowest BCUT2D eigenvalue weighted by Crippen LogP contribution is -2.58. The average molecular weight is 352 g/mol. The van der Waals surface area contributed by atoms with Gasteiger partial charge in [-0.3, -0.25) is 9.10 Å². The Labute approximate surface area is 153 Å². The molecule has 2 saturated carbocycles. The van der Waals surface area contributed by atoms with Gasteiger partial charge in [0.15, 0.2) is 0 Å². The highest BCUT2D eigenvalue weighted by molar-refractivity contribution is 7.97. The second-order valence-corrected chi connectivity index (χ2v) is 10.1. The largest absolute Gasteiger partial charge is 0.279 e. The summed E-state index contributed by atoms with van der Waals surface area (Å²) in [6.45, 7) is 9.41. The van der Waals surface area contributed by atoms with Crippen LogP contribution in [0.2, 0.25) is 0 Å². The summed E-state index contributed by atoms with van der Waals surface area (Å²) in [5.41, 5.74) is 0.970. The Hall–Kier alpha value is -0.180. The standard InChI is InChI=1S/C21H37NOS/c1-5-7-8-9-11-17(10-6-2)18(23)22-21-14-12-20(13-15-21,16-24-22)19(21,3)4/h17H,5-16H2,1-4H3/t17-,20?,21?/m1/s1. The molecule has 0 aromatic carbocycles. The van der Waals surface area contributed by atoms with E-state index in [0.717, 1.165) is 19.3 Å². The molecule has 0 radical (unpaired) electrons. The van der Waals surface area contributed by atoms with Crippen LogP contribution in [0.5, 0.6) is 0 Å². The van der Waals surface area contributed by atoms with Crippen molar-refractivity contribution in [1.29, 1.82) is 0 Å². The Morgan fingerprint density at radius 2 is 1.71 bits per heavy atom. The molecule has 3 heteroatoms. The summed E-state index contributed by atoms with van der Waals surface area (Å²) in [6.07, 6.45) is 13.6. The lowest BCUT2D eigenvalue weighted by Gasteiger charge is -2.53. The number of hydrogen-bond acceptors (Lipinski definition) is 2. The molecule has 0 aromatic rings. The van der Waals surface area contributed by atoms with Crippen molar-refractivity contribution < 1.29 is 4.79 Å². The quantitative estimate of drug-likeness (QED) is 0.383. The van der Waals surface area contributed by atoms with Crippen LogP contribution in [0, 0.1) is 16.7 Å². The number of hydrogen-bond donors (Lipinski definition) is 0. The molecular weight excluding hydrogens is 314 g/mol. The number of nitrogens with zero attached hydrogens (tertiary/aromatic N) is 1. The Kier molecular flexibility index (Phi) is 5.31. The summed E-state index contributed by atoms with van der Waals surface area (Å²) >= 11 is 1.89. The summed E-state index contributed by atoms with van der Waals surface area (Å²) in [5.74, 6) is 1.91. The van der Waals surface area contributed by atoms with Crippen molar-refractivity contribution in [3.63, 3.8) is 0 Å². The SMILES string of the molecule is CCCCCC[C@@H](CCC)C(=O)N1SCC23CCC1(CC2)C3(C)C. The first-order chi connectivity index (χ1) is 11.4. The molecule has 2 aliphatic carbocycles. The first kappa shape index (κ1) is 18.6. The Morgan fingerprint density at radius 1 is 1.00 bits per heavy atom. The lowest BCUT2D eigenvalue weighted by molar-refractivity contribution is -0.138. The van der Waals surface area contributed by atoms with Gasteiger partial charge in [0.2, 0.25) is 5.91 Å². The van der Waals surface area contributed by atoms with Gasteiger partial charge in [-0.2, -0.15) is 0 Å². The van der Waals surface area contributed by atoms with Gasteiger partial charge in [-0.1, -0.05) is 59.8 Å². The number of carbonyl (C=O) groups excluding carboxylic acids is 1. The predicted octanol–water partition coefficient (Wildman–Crippen LogP) is 6.20. The van der Waals surface area contributed by atoms with Gasteiger partial charge in [-0.15, -0.1) is 0 Å². The number of carbonyl (C=O) groups is 1. The summed E-state index contributed by atoms with van der Waals surface area (Å²) in [4.78, 5) is 13.5. The number of rotatable bonds is 8. The Balaban J connectivity index is 1.73. The van der Waals surface area contributed by atoms with E-state index in [1.165, 1.54) is 57.1 Å². The van der Waals surface area contributed by atoms with Crippen LogP contribution in [-0.4, -0.2) is 21.5 Å². The van der Waals surface area contributed by atoms with Gasteiger partial charge >= 0.3 is 0 Å². The third-order valence-corrected chi connectivity index (χ3v) is 9.44. The van der Waals surface area contributed by atoms with Gasteiger partial charge in [0, 0.05) is 11.7 Å². The molecule has 2 nitrogen and oxygen atoms in total.